The molecule has 1 atom stereocenters. The van der Waals surface area contributed by atoms with Gasteiger partial charge in [-0.05, 0) is 17.0 Å². The molecular weight excluding hydrogens is 326 g/mol. The smallest absolute Gasteiger partial charge is 0.231 e. The van der Waals surface area contributed by atoms with Gasteiger partial charge in [0.2, 0.25) is 5.91 Å². The number of amides is 1. The number of hydrogen-bond donors (Lipinski definition) is 1. The van der Waals surface area contributed by atoms with Gasteiger partial charge >= 0.3 is 0 Å². The lowest BCUT2D eigenvalue weighted by molar-refractivity contribution is -0.119. The molecule has 2 heterocycles. The van der Waals surface area contributed by atoms with E-state index in [1.54, 1.807) is 17.5 Å². The summed E-state index contributed by atoms with van der Waals surface area (Å²) < 4.78 is 1.91. The summed E-state index contributed by atoms with van der Waals surface area (Å²) in [7, 11) is 1.92. The van der Waals surface area contributed by atoms with Crippen LogP contribution in [0, 0.1) is 0 Å². The highest BCUT2D eigenvalue weighted by molar-refractivity contribution is 7.99. The topological polar surface area (TPSA) is 46.9 Å². The van der Waals surface area contributed by atoms with Crippen molar-refractivity contribution in [3.63, 3.8) is 0 Å². The number of imidazole rings is 1. The van der Waals surface area contributed by atoms with Gasteiger partial charge < -0.3 is 9.88 Å². The maximum Gasteiger partial charge on any atom is 0.231 e. The van der Waals surface area contributed by atoms with Crippen LogP contribution in [0.15, 0.2) is 65.4 Å². The zero-order valence-electron chi connectivity index (χ0n) is 12.7. The van der Waals surface area contributed by atoms with Gasteiger partial charge in [0, 0.05) is 24.3 Å². The van der Waals surface area contributed by atoms with E-state index in [1.165, 1.54) is 11.8 Å². The van der Waals surface area contributed by atoms with Crippen LogP contribution in [0.25, 0.3) is 0 Å². The van der Waals surface area contributed by atoms with Crippen molar-refractivity contribution in [2.75, 3.05) is 5.75 Å². The molecule has 0 spiro atoms. The molecule has 0 saturated heterocycles. The molecule has 118 valence electrons. The predicted molar refractivity (Wildman–Crippen MR) is 94.7 cm³/mol. The molecule has 1 N–H and O–H groups in total. The third-order valence-corrected chi connectivity index (χ3v) is 5.37. The van der Waals surface area contributed by atoms with E-state index in [-0.39, 0.29) is 11.9 Å². The number of benzene rings is 1. The van der Waals surface area contributed by atoms with Crippen LogP contribution in [-0.2, 0) is 11.8 Å². The van der Waals surface area contributed by atoms with Crippen molar-refractivity contribution in [3.8, 4) is 0 Å². The number of carbonyl (C=O) groups is 1. The molecule has 3 aromatic rings. The van der Waals surface area contributed by atoms with Gasteiger partial charge in [0.15, 0.2) is 5.16 Å². The molecule has 1 aromatic carbocycles. The maximum absolute atomic E-state index is 12.4. The van der Waals surface area contributed by atoms with Crippen LogP contribution in [0.4, 0.5) is 0 Å². The van der Waals surface area contributed by atoms with Gasteiger partial charge in [-0.1, -0.05) is 48.2 Å². The number of aromatic nitrogens is 2. The van der Waals surface area contributed by atoms with Gasteiger partial charge in [-0.3, -0.25) is 4.79 Å². The van der Waals surface area contributed by atoms with Crippen LogP contribution < -0.4 is 5.32 Å². The van der Waals surface area contributed by atoms with E-state index in [1.807, 2.05) is 59.6 Å². The summed E-state index contributed by atoms with van der Waals surface area (Å²) in [6.45, 7) is 0. The fourth-order valence-corrected chi connectivity index (χ4v) is 3.79. The Morgan fingerprint density at radius 3 is 2.78 bits per heavy atom. The quantitative estimate of drug-likeness (QED) is 0.697. The Hall–Kier alpha value is -2.05. The lowest BCUT2D eigenvalue weighted by Gasteiger charge is -2.18. The van der Waals surface area contributed by atoms with Crippen molar-refractivity contribution in [2.45, 2.75) is 11.2 Å². The number of thiophene rings is 1. The number of aryl methyl sites for hydroxylation is 1. The minimum absolute atomic E-state index is 0.000234. The van der Waals surface area contributed by atoms with Crippen LogP contribution in [0.5, 0.6) is 0 Å². The Morgan fingerprint density at radius 2 is 2.13 bits per heavy atom. The highest BCUT2D eigenvalue weighted by Crippen LogP contribution is 2.26. The second kappa shape index (κ2) is 7.48. The van der Waals surface area contributed by atoms with Crippen molar-refractivity contribution in [2.24, 2.45) is 7.05 Å². The lowest BCUT2D eigenvalue weighted by atomic mass is 10.1. The summed E-state index contributed by atoms with van der Waals surface area (Å²) in [5, 5.41) is 6.00. The molecule has 0 aliphatic carbocycles. The average molecular weight is 343 g/mol. The first-order chi connectivity index (χ1) is 11.2. The van der Waals surface area contributed by atoms with E-state index >= 15 is 0 Å². The molecule has 0 saturated carbocycles. The van der Waals surface area contributed by atoms with Crippen LogP contribution in [0.2, 0.25) is 0 Å². The standard InChI is InChI=1S/C17H17N3OS2/c1-20-10-9-18-17(20)23-12-15(21)19-16(14-8-5-11-22-14)13-6-3-2-4-7-13/h2-11,16H,12H2,1H3,(H,19,21)/t16-/m0/s1. The molecule has 2 aromatic heterocycles. The SMILES string of the molecule is Cn1ccnc1SCC(=O)N[C@@H](c1ccccc1)c1cccs1. The van der Waals surface area contributed by atoms with Crippen LogP contribution in [-0.4, -0.2) is 21.2 Å². The van der Waals surface area contributed by atoms with E-state index in [0.717, 1.165) is 15.6 Å². The first-order valence-corrected chi connectivity index (χ1v) is 9.08. The molecule has 0 unspecified atom stereocenters. The summed E-state index contributed by atoms with van der Waals surface area (Å²) >= 11 is 3.09. The highest BCUT2D eigenvalue weighted by Gasteiger charge is 2.18. The third kappa shape index (κ3) is 4.03. The van der Waals surface area contributed by atoms with Crippen LogP contribution >= 0.6 is 23.1 Å². The summed E-state index contributed by atoms with van der Waals surface area (Å²) in [6.07, 6.45) is 3.61. The largest absolute Gasteiger partial charge is 0.344 e. The Morgan fingerprint density at radius 1 is 1.30 bits per heavy atom. The molecule has 3 rings (SSSR count). The molecule has 23 heavy (non-hydrogen) atoms. The number of hydrogen-bond acceptors (Lipinski definition) is 4. The molecule has 0 radical (unpaired) electrons. The molecule has 0 aliphatic heterocycles. The number of thioether (sulfide) groups is 1. The van der Waals surface area contributed by atoms with E-state index in [0.29, 0.717) is 5.75 Å². The van der Waals surface area contributed by atoms with Gasteiger partial charge in [-0.15, -0.1) is 11.3 Å². The molecule has 0 bridgehead atoms. The van der Waals surface area contributed by atoms with Gasteiger partial charge in [0.25, 0.3) is 0 Å². The minimum atomic E-state index is -0.106. The van der Waals surface area contributed by atoms with E-state index in [4.69, 9.17) is 0 Å². The maximum atomic E-state index is 12.4. The van der Waals surface area contributed by atoms with Crippen LogP contribution in [0.1, 0.15) is 16.5 Å². The Kier molecular flexibility index (Phi) is 5.15. The fraction of sp³-hybridized carbons (Fsp3) is 0.176. The van der Waals surface area contributed by atoms with Crippen molar-refractivity contribution in [1.29, 1.82) is 0 Å². The molecule has 1 amide bonds. The van der Waals surface area contributed by atoms with Crippen molar-refractivity contribution < 1.29 is 4.79 Å². The van der Waals surface area contributed by atoms with Gasteiger partial charge in [0.1, 0.15) is 0 Å². The summed E-state index contributed by atoms with van der Waals surface area (Å²) in [5.74, 6) is 0.347. The Balaban J connectivity index is 1.69. The normalized spacial score (nSPS) is 12.0. The first-order valence-electron chi connectivity index (χ1n) is 7.22. The number of rotatable bonds is 6. The highest BCUT2D eigenvalue weighted by atomic mass is 32.2. The monoisotopic (exact) mass is 343 g/mol. The number of nitrogens with zero attached hydrogens (tertiary/aromatic N) is 2. The molecule has 6 heteroatoms. The molecule has 0 aliphatic rings. The Bertz CT molecular complexity index is 753. The van der Waals surface area contributed by atoms with Gasteiger partial charge in [-0.25, -0.2) is 4.98 Å². The summed E-state index contributed by atoms with van der Waals surface area (Å²) in [6, 6.07) is 14.0. The first kappa shape index (κ1) is 15.8. The van der Waals surface area contributed by atoms with E-state index < -0.39 is 0 Å². The summed E-state index contributed by atoms with van der Waals surface area (Å²) in [5.41, 5.74) is 1.09. The van der Waals surface area contributed by atoms with E-state index in [2.05, 4.69) is 16.4 Å². The van der Waals surface area contributed by atoms with E-state index in [9.17, 15) is 4.79 Å². The average Bonchev–Trinajstić information content (AvgIpc) is 3.23. The lowest BCUT2D eigenvalue weighted by Crippen LogP contribution is -2.30. The molecule has 0 fully saturated rings. The summed E-state index contributed by atoms with van der Waals surface area (Å²) in [4.78, 5) is 17.7. The number of nitrogens with one attached hydrogen (secondary N) is 1. The molecular formula is C17H17N3OS2. The zero-order chi connectivity index (χ0) is 16.1. The number of carbonyl (C=O) groups excluding carboxylic acids is 1. The van der Waals surface area contributed by atoms with Crippen molar-refractivity contribution in [3.05, 3.63) is 70.7 Å². The second-order valence-corrected chi connectivity index (χ2v) is 6.96. The van der Waals surface area contributed by atoms with Gasteiger partial charge in [0.05, 0.1) is 11.8 Å². The van der Waals surface area contributed by atoms with Gasteiger partial charge in [-0.2, -0.15) is 0 Å². The van der Waals surface area contributed by atoms with Crippen molar-refractivity contribution in [1.82, 2.24) is 14.9 Å². The second-order valence-electron chi connectivity index (χ2n) is 5.04. The predicted octanol–water partition coefficient (Wildman–Crippen LogP) is 3.48. The third-order valence-electron chi connectivity index (χ3n) is 3.38. The Labute approximate surface area is 143 Å². The van der Waals surface area contributed by atoms with Crippen molar-refractivity contribution >= 4 is 29.0 Å². The molecule has 4 nitrogen and oxygen atoms in total. The fourth-order valence-electron chi connectivity index (χ4n) is 2.24. The van der Waals surface area contributed by atoms with Crippen LogP contribution in [0.3, 0.4) is 0 Å². The zero-order valence-corrected chi connectivity index (χ0v) is 14.3. The minimum Gasteiger partial charge on any atom is -0.344 e.